The van der Waals surface area contributed by atoms with Gasteiger partial charge in [0.1, 0.15) is 0 Å². The van der Waals surface area contributed by atoms with Crippen molar-refractivity contribution in [1.29, 1.82) is 0 Å². The van der Waals surface area contributed by atoms with Crippen LogP contribution in [0.25, 0.3) is 0 Å². The first kappa shape index (κ1) is 14.3. The van der Waals surface area contributed by atoms with Crippen molar-refractivity contribution in [3.05, 3.63) is 0 Å². The summed E-state index contributed by atoms with van der Waals surface area (Å²) in [7, 11) is 0. The fourth-order valence-corrected chi connectivity index (χ4v) is 3.83. The molecule has 3 heteroatoms. The molecular weight excluding hydrogens is 224 g/mol. The van der Waals surface area contributed by atoms with E-state index in [0.717, 1.165) is 25.0 Å². The molecule has 1 aliphatic carbocycles. The van der Waals surface area contributed by atoms with E-state index in [2.05, 4.69) is 16.7 Å². The van der Waals surface area contributed by atoms with E-state index in [1.54, 1.807) is 0 Å². The molecule has 0 spiro atoms. The summed E-state index contributed by atoms with van der Waals surface area (Å²) >= 11 is 0. The van der Waals surface area contributed by atoms with Crippen molar-refractivity contribution in [3.8, 4) is 0 Å². The molecule has 2 fully saturated rings. The second-order valence-corrected chi connectivity index (χ2v) is 5.97. The third kappa shape index (κ3) is 3.69. The monoisotopic (exact) mass is 254 g/mol. The largest absolute Gasteiger partial charge is 0.395 e. The summed E-state index contributed by atoms with van der Waals surface area (Å²) in [4.78, 5) is 5.18. The molecule has 2 atom stereocenters. The number of rotatable bonds is 4. The number of aliphatic hydroxyl groups is 1. The Morgan fingerprint density at radius 3 is 2.61 bits per heavy atom. The molecule has 18 heavy (non-hydrogen) atoms. The van der Waals surface area contributed by atoms with E-state index < -0.39 is 0 Å². The van der Waals surface area contributed by atoms with Gasteiger partial charge in [0.15, 0.2) is 0 Å². The van der Waals surface area contributed by atoms with Crippen LogP contribution in [0.3, 0.4) is 0 Å². The summed E-state index contributed by atoms with van der Waals surface area (Å²) in [5, 5.41) is 9.05. The zero-order chi connectivity index (χ0) is 12.8. The van der Waals surface area contributed by atoms with E-state index >= 15 is 0 Å². The first-order chi connectivity index (χ1) is 8.85. The van der Waals surface area contributed by atoms with Crippen LogP contribution in [0.2, 0.25) is 0 Å². The third-order valence-electron chi connectivity index (χ3n) is 4.90. The highest BCUT2D eigenvalue weighted by molar-refractivity contribution is 4.84. The minimum Gasteiger partial charge on any atom is -0.395 e. The minimum atomic E-state index is 0.307. The van der Waals surface area contributed by atoms with Crippen LogP contribution in [0.15, 0.2) is 0 Å². The highest BCUT2D eigenvalue weighted by Crippen LogP contribution is 2.31. The van der Waals surface area contributed by atoms with E-state index in [9.17, 15) is 0 Å². The molecule has 0 amide bonds. The molecule has 0 bridgehead atoms. The predicted octanol–water partition coefficient (Wildman–Crippen LogP) is 1.96. The summed E-state index contributed by atoms with van der Waals surface area (Å²) in [5.41, 5.74) is 0. The molecule has 0 radical (unpaired) electrons. The molecule has 2 unspecified atom stereocenters. The second kappa shape index (κ2) is 7.46. The van der Waals surface area contributed by atoms with E-state index in [-0.39, 0.29) is 0 Å². The molecule has 2 aliphatic rings. The Labute approximate surface area is 112 Å². The SMILES string of the molecule is CCC1CCCCC1N1CCCN(CCO)CC1. The number of hydrogen-bond donors (Lipinski definition) is 1. The summed E-state index contributed by atoms with van der Waals surface area (Å²) in [5.74, 6) is 0.933. The van der Waals surface area contributed by atoms with Crippen molar-refractivity contribution in [1.82, 2.24) is 9.80 Å². The third-order valence-corrected chi connectivity index (χ3v) is 4.90. The van der Waals surface area contributed by atoms with Crippen molar-refractivity contribution in [3.63, 3.8) is 0 Å². The summed E-state index contributed by atoms with van der Waals surface area (Å²) in [6, 6.07) is 0.845. The Morgan fingerprint density at radius 2 is 1.83 bits per heavy atom. The molecular formula is C15H30N2O. The Bertz CT molecular complexity index is 235. The summed E-state index contributed by atoms with van der Waals surface area (Å²) in [6.45, 7) is 8.31. The lowest BCUT2D eigenvalue weighted by atomic mass is 9.82. The first-order valence-electron chi connectivity index (χ1n) is 7.92. The van der Waals surface area contributed by atoms with Gasteiger partial charge in [0.05, 0.1) is 6.61 Å². The Balaban J connectivity index is 1.87. The van der Waals surface area contributed by atoms with Gasteiger partial charge >= 0.3 is 0 Å². The molecule has 0 aromatic rings. The average molecular weight is 254 g/mol. The quantitative estimate of drug-likeness (QED) is 0.831. The lowest BCUT2D eigenvalue weighted by molar-refractivity contribution is 0.103. The van der Waals surface area contributed by atoms with Crippen molar-refractivity contribution < 1.29 is 5.11 Å². The van der Waals surface area contributed by atoms with Gasteiger partial charge in [-0.1, -0.05) is 26.2 Å². The van der Waals surface area contributed by atoms with Crippen molar-refractivity contribution in [2.75, 3.05) is 39.3 Å². The van der Waals surface area contributed by atoms with E-state index in [0.29, 0.717) is 6.61 Å². The normalized spacial score (nSPS) is 32.3. The highest BCUT2D eigenvalue weighted by atomic mass is 16.3. The predicted molar refractivity (Wildman–Crippen MR) is 75.8 cm³/mol. The van der Waals surface area contributed by atoms with Gasteiger partial charge in [0.2, 0.25) is 0 Å². The van der Waals surface area contributed by atoms with E-state index in [1.165, 1.54) is 58.2 Å². The van der Waals surface area contributed by atoms with E-state index in [1.807, 2.05) is 0 Å². The van der Waals surface area contributed by atoms with Gasteiger partial charge in [-0.15, -0.1) is 0 Å². The standard InChI is InChI=1S/C15H30N2O/c1-2-14-6-3-4-7-15(14)17-9-5-8-16(10-11-17)12-13-18/h14-15,18H,2-13H2,1H3. The topological polar surface area (TPSA) is 26.7 Å². The average Bonchev–Trinajstić information content (AvgIpc) is 2.65. The Morgan fingerprint density at radius 1 is 1.00 bits per heavy atom. The lowest BCUT2D eigenvalue weighted by Crippen LogP contribution is -2.44. The van der Waals surface area contributed by atoms with Crippen LogP contribution in [-0.2, 0) is 0 Å². The summed E-state index contributed by atoms with van der Waals surface area (Å²) < 4.78 is 0. The Kier molecular flexibility index (Phi) is 5.93. The molecule has 3 nitrogen and oxygen atoms in total. The van der Waals surface area contributed by atoms with Crippen LogP contribution >= 0.6 is 0 Å². The highest BCUT2D eigenvalue weighted by Gasteiger charge is 2.29. The zero-order valence-corrected chi connectivity index (χ0v) is 12.0. The Hall–Kier alpha value is -0.120. The number of nitrogens with zero attached hydrogens (tertiary/aromatic N) is 2. The number of β-amino-alcohol motifs (C(OH)–C–C–N with tert-alkyl or cyclic N) is 1. The first-order valence-corrected chi connectivity index (χ1v) is 7.92. The zero-order valence-electron chi connectivity index (χ0n) is 12.0. The van der Waals surface area contributed by atoms with Crippen LogP contribution in [-0.4, -0.2) is 60.3 Å². The summed E-state index contributed by atoms with van der Waals surface area (Å²) in [6.07, 6.45) is 8.35. The smallest absolute Gasteiger partial charge is 0.0558 e. The fourth-order valence-electron chi connectivity index (χ4n) is 3.83. The number of aliphatic hydroxyl groups excluding tert-OH is 1. The van der Waals surface area contributed by atoms with Gasteiger partial charge in [0.25, 0.3) is 0 Å². The van der Waals surface area contributed by atoms with Gasteiger partial charge in [-0.2, -0.15) is 0 Å². The van der Waals surface area contributed by atoms with Gasteiger partial charge in [0, 0.05) is 25.7 Å². The van der Waals surface area contributed by atoms with Gasteiger partial charge in [-0.3, -0.25) is 9.80 Å². The molecule has 1 N–H and O–H groups in total. The van der Waals surface area contributed by atoms with Crippen LogP contribution in [0.4, 0.5) is 0 Å². The molecule has 1 saturated heterocycles. The van der Waals surface area contributed by atoms with Crippen LogP contribution in [0.5, 0.6) is 0 Å². The van der Waals surface area contributed by atoms with Crippen molar-refractivity contribution >= 4 is 0 Å². The molecule has 0 aromatic carbocycles. The van der Waals surface area contributed by atoms with Crippen molar-refractivity contribution in [2.24, 2.45) is 5.92 Å². The van der Waals surface area contributed by atoms with Crippen LogP contribution in [0, 0.1) is 5.92 Å². The van der Waals surface area contributed by atoms with Crippen molar-refractivity contribution in [2.45, 2.75) is 51.5 Å². The molecule has 106 valence electrons. The maximum Gasteiger partial charge on any atom is 0.0558 e. The molecule has 1 aliphatic heterocycles. The van der Waals surface area contributed by atoms with Crippen LogP contribution < -0.4 is 0 Å². The van der Waals surface area contributed by atoms with Gasteiger partial charge in [-0.25, -0.2) is 0 Å². The van der Waals surface area contributed by atoms with E-state index in [4.69, 9.17) is 5.11 Å². The molecule has 1 saturated carbocycles. The van der Waals surface area contributed by atoms with Gasteiger partial charge < -0.3 is 5.11 Å². The fraction of sp³-hybridized carbons (Fsp3) is 1.00. The molecule has 1 heterocycles. The van der Waals surface area contributed by atoms with Gasteiger partial charge in [-0.05, 0) is 38.3 Å². The maximum atomic E-state index is 9.05. The lowest BCUT2D eigenvalue weighted by Gasteiger charge is -2.39. The van der Waals surface area contributed by atoms with Crippen LogP contribution in [0.1, 0.15) is 45.4 Å². The molecule has 0 aromatic heterocycles. The maximum absolute atomic E-state index is 9.05. The minimum absolute atomic E-state index is 0.307. The second-order valence-electron chi connectivity index (χ2n) is 5.97. The molecule has 2 rings (SSSR count). The number of hydrogen-bond acceptors (Lipinski definition) is 3.